The first-order valence-corrected chi connectivity index (χ1v) is 48.4. The quantitative estimate of drug-likeness (QED) is 0.0654. The van der Waals surface area contributed by atoms with E-state index >= 15 is 0 Å². The zero-order valence-corrected chi connectivity index (χ0v) is 80.5. The molecule has 0 amide bonds. The van der Waals surface area contributed by atoms with Gasteiger partial charge in [-0.1, -0.05) is 55.6 Å². The van der Waals surface area contributed by atoms with Crippen LogP contribution in [0, 0.1) is 17.6 Å². The first kappa shape index (κ1) is 97.7. The van der Waals surface area contributed by atoms with Gasteiger partial charge >= 0.3 is 0 Å². The van der Waals surface area contributed by atoms with Crippen LogP contribution in [0.5, 0.6) is 5.75 Å². The zero-order chi connectivity index (χ0) is 95.8. The van der Waals surface area contributed by atoms with Crippen LogP contribution in [0.4, 0.5) is 49.7 Å². The average molecular weight is 2080 g/mol. The third-order valence-corrected chi connectivity index (χ3v) is 29.8. The number of Topliss-reactive ketones (excluding diaryl/α,β-unsaturated/α-hetero) is 1. The topological polar surface area (TPSA) is 311 Å². The van der Waals surface area contributed by atoms with E-state index in [-0.39, 0.29) is 114 Å². The highest BCUT2D eigenvalue weighted by Crippen LogP contribution is 2.46. The predicted octanol–water partition coefficient (Wildman–Crippen LogP) is 22.8. The SMILES string of the molecule is CC1(F)CCC(n2ncc3c(=O)[nH]c(CC4CCC(F)(F)CC4)nc32)CC1.CC1(F)CCC(n2ncc3c(=O)[nH]c(Cc4cc(F)ccc4Br)nc32)CC1.CC1(F)CCC(n2ncc3c(=O)[nH]c(Cc4ccc(F)cc4Br)nc32)CC1.COc1cccc(Cl)c1Cc1nc2c(cnn2C2CCC(C)(F)CC2)c(=O)[nH]1.O=C1CC(Cc2ncccc2Br)=Nc2c1ccn2C1CCC(F)(F)CC1. The minimum atomic E-state index is -2.57. The number of pyridine rings is 1. The third kappa shape index (κ3) is 23.4. The molecule has 4 N–H and O–H groups in total. The Labute approximate surface area is 799 Å². The molecule has 20 rings (SSSR count). The molecule has 6 fully saturated rings. The fraction of sp³-hybridized carbons (Fsp3) is 0.490. The molecule has 0 bridgehead atoms. The van der Waals surface area contributed by atoms with Crippen molar-refractivity contribution >= 4 is 121 Å². The number of methoxy groups -OCH3 is 1. The summed E-state index contributed by atoms with van der Waals surface area (Å²) < 4.78 is 153. The van der Waals surface area contributed by atoms with Crippen molar-refractivity contribution in [3.63, 3.8) is 0 Å². The largest absolute Gasteiger partial charge is 0.496 e. The van der Waals surface area contributed by atoms with Crippen molar-refractivity contribution in [1.29, 1.82) is 0 Å². The third-order valence-electron chi connectivity index (χ3n) is 27.2. The summed E-state index contributed by atoms with van der Waals surface area (Å²) in [6, 6.07) is 19.8. The molecule has 3 aromatic carbocycles. The van der Waals surface area contributed by atoms with E-state index in [0.29, 0.717) is 254 Å². The molecule has 39 heteroatoms. The van der Waals surface area contributed by atoms with Crippen molar-refractivity contribution in [2.24, 2.45) is 10.9 Å². The molecule has 135 heavy (non-hydrogen) atoms. The number of fused-ring (bicyclic) bond motifs is 5. The number of carbonyl (C=O) groups is 1. The maximum Gasteiger partial charge on any atom is 0.262 e. The lowest BCUT2D eigenvalue weighted by molar-refractivity contribution is -0.0459. The molecule has 6 saturated carbocycles. The van der Waals surface area contributed by atoms with Gasteiger partial charge < -0.3 is 29.2 Å². The minimum Gasteiger partial charge on any atom is -0.496 e. The van der Waals surface area contributed by atoms with E-state index in [1.165, 1.54) is 49.1 Å². The number of alkyl halides is 8. The lowest BCUT2D eigenvalue weighted by atomic mass is 9.84. The molecule has 6 aliphatic carbocycles. The molecule has 0 spiro atoms. The van der Waals surface area contributed by atoms with Gasteiger partial charge in [-0.2, -0.15) is 20.4 Å². The van der Waals surface area contributed by atoms with Crippen LogP contribution in [0.25, 0.3) is 44.1 Å². The van der Waals surface area contributed by atoms with E-state index in [4.69, 9.17) is 21.3 Å². The van der Waals surface area contributed by atoms with Crippen LogP contribution in [-0.4, -0.2) is 142 Å². The Kier molecular flexibility index (Phi) is 29.2. The lowest BCUT2D eigenvalue weighted by Crippen LogP contribution is -2.28. The van der Waals surface area contributed by atoms with Crippen LogP contribution < -0.4 is 27.0 Å². The number of carbonyl (C=O) groups excluding carboxylic acids is 1. The summed E-state index contributed by atoms with van der Waals surface area (Å²) in [5.74, 6) is -2.52. The van der Waals surface area contributed by atoms with E-state index < -0.39 is 34.5 Å². The summed E-state index contributed by atoms with van der Waals surface area (Å²) in [6.07, 6.45) is 22.1. The Morgan fingerprint density at radius 3 is 1.30 bits per heavy atom. The Morgan fingerprint density at radius 2 is 0.852 bits per heavy atom. The normalized spacial score (nSPS) is 23.6. The molecule has 25 nitrogen and oxygen atoms in total. The lowest BCUT2D eigenvalue weighted by Gasteiger charge is -2.31. The number of benzene rings is 3. The first-order chi connectivity index (χ1) is 64.2. The maximum absolute atomic E-state index is 14.2. The van der Waals surface area contributed by atoms with Gasteiger partial charge in [0.05, 0.1) is 73.7 Å². The second kappa shape index (κ2) is 40.4. The summed E-state index contributed by atoms with van der Waals surface area (Å²) in [7, 11) is 1.57. The summed E-state index contributed by atoms with van der Waals surface area (Å²) in [5.41, 5.74) is 0.900. The maximum atomic E-state index is 14.2. The fourth-order valence-corrected chi connectivity index (χ4v) is 20.7. The van der Waals surface area contributed by atoms with Crippen LogP contribution in [0.15, 0.2) is 148 Å². The molecule has 1 aliphatic heterocycles. The van der Waals surface area contributed by atoms with Gasteiger partial charge in [0.2, 0.25) is 11.8 Å². The fourth-order valence-electron chi connectivity index (χ4n) is 19.2. The highest BCUT2D eigenvalue weighted by atomic mass is 79.9. The van der Waals surface area contributed by atoms with Gasteiger partial charge in [-0.05, 0) is 250 Å². The van der Waals surface area contributed by atoms with Crippen molar-refractivity contribution in [2.75, 3.05) is 7.11 Å². The number of halogens is 14. The number of ketones is 1. The minimum absolute atomic E-state index is 0.0226. The van der Waals surface area contributed by atoms with Crippen LogP contribution in [-0.2, 0) is 32.1 Å². The number of hydrogen-bond donors (Lipinski definition) is 4. The van der Waals surface area contributed by atoms with E-state index in [2.05, 4.69) is 113 Å². The molecule has 10 aromatic heterocycles. The van der Waals surface area contributed by atoms with Crippen molar-refractivity contribution in [3.8, 4) is 5.75 Å². The van der Waals surface area contributed by atoms with E-state index in [1.54, 1.807) is 90.1 Å². The van der Waals surface area contributed by atoms with Crippen molar-refractivity contribution in [1.82, 2.24) is 88.5 Å². The Morgan fingerprint density at radius 1 is 0.444 bits per heavy atom. The zero-order valence-electron chi connectivity index (χ0n) is 75.0. The number of ether oxygens (including phenoxy) is 1. The second-order valence-electron chi connectivity index (χ2n) is 37.8. The van der Waals surface area contributed by atoms with E-state index in [0.717, 1.165) is 31.5 Å². The Bertz CT molecular complexity index is 6780. The number of hydrogen-bond acceptors (Lipinski definition) is 16. The first-order valence-electron chi connectivity index (χ1n) is 45.6. The number of rotatable bonds is 16. The van der Waals surface area contributed by atoms with Crippen molar-refractivity contribution < 1.29 is 53.4 Å². The van der Waals surface area contributed by atoms with Crippen LogP contribution in [0.3, 0.4) is 0 Å². The van der Waals surface area contributed by atoms with Gasteiger partial charge in [-0.25, -0.2) is 87.6 Å². The van der Waals surface area contributed by atoms with Gasteiger partial charge in [-0.3, -0.25) is 29.0 Å². The molecule has 7 aliphatic rings. The number of aromatic nitrogens is 18. The molecular weight excluding hydrogens is 1980 g/mol. The van der Waals surface area contributed by atoms with Gasteiger partial charge in [0.25, 0.3) is 22.2 Å². The molecule has 0 radical (unpaired) electrons. The van der Waals surface area contributed by atoms with E-state index in [1.807, 2.05) is 29.0 Å². The molecule has 13 aromatic rings. The van der Waals surface area contributed by atoms with Crippen LogP contribution >= 0.6 is 59.4 Å². The monoisotopic (exact) mass is 2080 g/mol. The number of H-pyrrole nitrogens is 4. The standard InChI is InChI=1S/C20H22ClFN4O2.2C19H19BrF2N4O.C19H18BrF2N3O.C19H25F3N4O/c1-20(22)8-6-12(7-9-20)26-18-14(11-23-26)19(27)25-17(24-18)10-13-15(21)4-3-5-16(13)28-2;1-19(22)6-4-13(5-7-19)26-17-14(10-23-26)18(27)25-16(24-17)9-11-8-12(21)2-3-15(11)20;1-19(22)6-4-13(5-7-19)26-17-14(10-23-26)18(27)25-16(24-17)8-11-2-3-12(21)9-15(11)20;20-15-2-1-8-23-16(15)10-12-11-17(26)14-5-9-25(18(14)24-12)13-3-6-19(21,22)7-4-13;1-18(20)6-4-13(5-7-18)26-16-14(11-23-26)17(27)25-15(24-16)10-12-2-8-19(21,22)9-3-12/h3-5,11-12H,6-10H2,1-2H3,(H,24,25,27);2-3,8,10,13H,4-7,9H2,1H3,(H,24,25,27);2-3,9-10,13H,4-8H2,1H3,(H,24,25,27);1-2,5,8-9,13H,3-4,6-7,10-11H2;11-13H,2-10H2,1H3,(H,24,25,27). The number of aliphatic imine (C=N–C) groups is 1. The van der Waals surface area contributed by atoms with Crippen molar-refractivity contribution in [3.05, 3.63) is 233 Å². The van der Waals surface area contributed by atoms with Crippen LogP contribution in [0.1, 0.15) is 274 Å². The molecule has 0 unspecified atom stereocenters. The molecular formula is C96H103Br3ClF10N19O6. The molecule has 0 atom stereocenters. The highest BCUT2D eigenvalue weighted by molar-refractivity contribution is 9.11. The highest BCUT2D eigenvalue weighted by Gasteiger charge is 2.41. The summed E-state index contributed by atoms with van der Waals surface area (Å²) in [4.78, 5) is 101. The molecule has 0 saturated heterocycles. The predicted molar refractivity (Wildman–Crippen MR) is 504 cm³/mol. The molecule has 716 valence electrons. The van der Waals surface area contributed by atoms with Gasteiger partial charge in [0.15, 0.2) is 28.4 Å². The number of aromatic amines is 4. The smallest absolute Gasteiger partial charge is 0.262 e. The summed E-state index contributed by atoms with van der Waals surface area (Å²) >= 11 is 16.5. The van der Waals surface area contributed by atoms with Crippen molar-refractivity contribution in [2.45, 2.75) is 285 Å². The van der Waals surface area contributed by atoms with Gasteiger partial charge in [0, 0.05) is 106 Å². The van der Waals surface area contributed by atoms with E-state index in [9.17, 15) is 67.9 Å². The van der Waals surface area contributed by atoms with Gasteiger partial charge in [0.1, 0.15) is 90.7 Å². The Hall–Kier alpha value is -10.3. The van der Waals surface area contributed by atoms with Gasteiger partial charge in [-0.15, -0.1) is 0 Å². The Balaban J connectivity index is 0.000000123. The summed E-state index contributed by atoms with van der Waals surface area (Å²) in [5, 5.41) is 19.7. The number of nitrogens with one attached hydrogen (secondary N) is 4. The second-order valence-corrected chi connectivity index (χ2v) is 40.8. The summed E-state index contributed by atoms with van der Waals surface area (Å²) in [6.45, 7) is 6.52. The van der Waals surface area contributed by atoms with Crippen LogP contribution in [0.2, 0.25) is 5.02 Å². The number of nitrogens with zero attached hydrogens (tertiary/aromatic N) is 15. The average Bonchev–Trinajstić information content (AvgIpc) is 1.67. The molecule has 11 heterocycles.